The molecule has 0 fully saturated rings. The van der Waals surface area contributed by atoms with Gasteiger partial charge in [-0.25, -0.2) is 4.98 Å². The van der Waals surface area contributed by atoms with Gasteiger partial charge in [-0.2, -0.15) is 0 Å². The van der Waals surface area contributed by atoms with Gasteiger partial charge in [-0.05, 0) is 37.6 Å². The fraction of sp³-hybridized carbons (Fsp3) is 0.333. The summed E-state index contributed by atoms with van der Waals surface area (Å²) in [7, 11) is 0. The van der Waals surface area contributed by atoms with Gasteiger partial charge < -0.3 is 4.74 Å². The number of carbonyl (C=O) groups is 1. The Morgan fingerprint density at radius 3 is 2.73 bits per heavy atom. The van der Waals surface area contributed by atoms with Crippen LogP contribution in [0.25, 0.3) is 0 Å². The number of thiazole rings is 1. The van der Waals surface area contributed by atoms with Gasteiger partial charge in [0.15, 0.2) is 0 Å². The van der Waals surface area contributed by atoms with Crippen LogP contribution in [0.15, 0.2) is 29.6 Å². The van der Waals surface area contributed by atoms with Gasteiger partial charge in [-0.1, -0.05) is 24.7 Å². The number of nitrogens with zero attached hydrogens (tertiary/aromatic N) is 3. The first-order valence-corrected chi connectivity index (χ1v) is 10.1. The number of ether oxygens (including phenoxy) is 1. The second-order valence-corrected chi connectivity index (χ2v) is 7.85. The van der Waals surface area contributed by atoms with E-state index in [-0.39, 0.29) is 5.91 Å². The normalized spacial score (nSPS) is 10.7. The monoisotopic (exact) mass is 388 g/mol. The number of benzene rings is 1. The Kier molecular flexibility index (Phi) is 6.30. The SMILES string of the molecule is CCCCc1nnc(NC(=O)c2ccc(OCc3csc(C)n3)cc2)s1. The highest BCUT2D eigenvalue weighted by atomic mass is 32.1. The van der Waals surface area contributed by atoms with Crippen molar-refractivity contribution in [1.29, 1.82) is 0 Å². The first-order chi connectivity index (χ1) is 12.6. The number of hydrogen-bond donors (Lipinski definition) is 1. The van der Waals surface area contributed by atoms with E-state index in [0.717, 1.165) is 35.0 Å². The predicted molar refractivity (Wildman–Crippen MR) is 104 cm³/mol. The van der Waals surface area contributed by atoms with Crippen LogP contribution in [0.4, 0.5) is 5.13 Å². The van der Waals surface area contributed by atoms with Crippen LogP contribution >= 0.6 is 22.7 Å². The molecule has 3 rings (SSSR count). The molecule has 0 aliphatic carbocycles. The van der Waals surface area contributed by atoms with Crippen LogP contribution in [-0.2, 0) is 13.0 Å². The lowest BCUT2D eigenvalue weighted by molar-refractivity contribution is 0.102. The number of amides is 1. The van der Waals surface area contributed by atoms with Crippen molar-refractivity contribution in [1.82, 2.24) is 15.2 Å². The Morgan fingerprint density at radius 1 is 1.23 bits per heavy atom. The van der Waals surface area contributed by atoms with Gasteiger partial charge in [0.05, 0.1) is 10.7 Å². The molecule has 0 saturated heterocycles. The Balaban J connectivity index is 1.53. The van der Waals surface area contributed by atoms with E-state index in [1.54, 1.807) is 35.6 Å². The molecule has 136 valence electrons. The van der Waals surface area contributed by atoms with Crippen LogP contribution in [-0.4, -0.2) is 21.1 Å². The van der Waals surface area contributed by atoms with E-state index in [0.29, 0.717) is 23.1 Å². The third-order valence-corrected chi connectivity index (χ3v) is 5.32. The molecule has 0 aliphatic rings. The van der Waals surface area contributed by atoms with E-state index >= 15 is 0 Å². The number of rotatable bonds is 8. The van der Waals surface area contributed by atoms with E-state index < -0.39 is 0 Å². The molecule has 2 aromatic heterocycles. The minimum Gasteiger partial charge on any atom is -0.487 e. The summed E-state index contributed by atoms with van der Waals surface area (Å²) < 4.78 is 5.69. The summed E-state index contributed by atoms with van der Waals surface area (Å²) in [4.78, 5) is 16.7. The van der Waals surface area contributed by atoms with Crippen LogP contribution in [0.5, 0.6) is 5.75 Å². The average molecular weight is 389 g/mol. The lowest BCUT2D eigenvalue weighted by Crippen LogP contribution is -2.11. The smallest absolute Gasteiger partial charge is 0.257 e. The number of aromatic nitrogens is 3. The highest BCUT2D eigenvalue weighted by Gasteiger charge is 2.10. The molecule has 0 spiro atoms. The number of aryl methyl sites for hydroxylation is 2. The molecule has 8 heteroatoms. The zero-order chi connectivity index (χ0) is 18.4. The van der Waals surface area contributed by atoms with Gasteiger partial charge in [-0.15, -0.1) is 21.5 Å². The lowest BCUT2D eigenvalue weighted by atomic mass is 10.2. The summed E-state index contributed by atoms with van der Waals surface area (Å²) in [5.41, 5.74) is 1.46. The molecular weight excluding hydrogens is 368 g/mol. The van der Waals surface area contributed by atoms with Gasteiger partial charge in [0.1, 0.15) is 17.4 Å². The topological polar surface area (TPSA) is 77.0 Å². The molecule has 1 amide bonds. The molecule has 0 radical (unpaired) electrons. The van der Waals surface area contributed by atoms with E-state index in [4.69, 9.17) is 4.74 Å². The standard InChI is InChI=1S/C18H20N4O2S2/c1-3-4-5-16-21-22-18(26-16)20-17(23)13-6-8-15(9-7-13)24-10-14-11-25-12(2)19-14/h6-9,11H,3-5,10H2,1-2H3,(H,20,22,23). The zero-order valence-corrected chi connectivity index (χ0v) is 16.3. The van der Waals surface area contributed by atoms with Crippen molar-refractivity contribution in [3.63, 3.8) is 0 Å². The molecule has 1 aromatic carbocycles. The third kappa shape index (κ3) is 5.09. The predicted octanol–water partition coefficient (Wildman–Crippen LogP) is 4.48. The molecule has 0 bridgehead atoms. The van der Waals surface area contributed by atoms with Crippen LogP contribution in [0.2, 0.25) is 0 Å². The van der Waals surface area contributed by atoms with Crippen molar-refractivity contribution in [3.05, 3.63) is 50.9 Å². The van der Waals surface area contributed by atoms with Gasteiger partial charge >= 0.3 is 0 Å². The number of hydrogen-bond acceptors (Lipinski definition) is 7. The maximum absolute atomic E-state index is 12.3. The summed E-state index contributed by atoms with van der Waals surface area (Å²) in [6.07, 6.45) is 3.08. The van der Waals surface area contributed by atoms with Crippen LogP contribution in [0.1, 0.15) is 45.8 Å². The van der Waals surface area contributed by atoms with Crippen molar-refractivity contribution in [2.75, 3.05) is 5.32 Å². The molecule has 3 aromatic rings. The second kappa shape index (κ2) is 8.86. The summed E-state index contributed by atoms with van der Waals surface area (Å²) in [5, 5.41) is 15.4. The van der Waals surface area contributed by atoms with Crippen LogP contribution in [0.3, 0.4) is 0 Å². The average Bonchev–Trinajstić information content (AvgIpc) is 3.27. The Morgan fingerprint density at radius 2 is 2.04 bits per heavy atom. The van der Waals surface area contributed by atoms with Gasteiger partial charge in [0.2, 0.25) is 5.13 Å². The Labute approximate surface area is 160 Å². The Hall–Kier alpha value is -2.32. The molecule has 0 atom stereocenters. The van der Waals surface area contributed by atoms with Crippen molar-refractivity contribution < 1.29 is 9.53 Å². The molecular formula is C18H20N4O2S2. The third-order valence-electron chi connectivity index (χ3n) is 3.60. The second-order valence-electron chi connectivity index (χ2n) is 5.73. The van der Waals surface area contributed by atoms with Crippen molar-refractivity contribution in [2.24, 2.45) is 0 Å². The van der Waals surface area contributed by atoms with E-state index in [1.165, 1.54) is 11.3 Å². The largest absolute Gasteiger partial charge is 0.487 e. The molecule has 0 aliphatic heterocycles. The highest BCUT2D eigenvalue weighted by Crippen LogP contribution is 2.19. The van der Waals surface area contributed by atoms with E-state index in [2.05, 4.69) is 27.4 Å². The summed E-state index contributed by atoms with van der Waals surface area (Å²) in [6, 6.07) is 7.02. The number of unbranched alkanes of at least 4 members (excludes halogenated alkanes) is 1. The number of anilines is 1. The quantitative estimate of drug-likeness (QED) is 0.616. The van der Waals surface area contributed by atoms with Crippen LogP contribution in [0, 0.1) is 6.92 Å². The van der Waals surface area contributed by atoms with E-state index in [9.17, 15) is 4.79 Å². The fourth-order valence-electron chi connectivity index (χ4n) is 2.24. The fourth-order valence-corrected chi connectivity index (χ4v) is 3.61. The van der Waals surface area contributed by atoms with Crippen LogP contribution < -0.4 is 10.1 Å². The first-order valence-electron chi connectivity index (χ1n) is 8.41. The summed E-state index contributed by atoms with van der Waals surface area (Å²) in [6.45, 7) is 4.52. The molecule has 0 unspecified atom stereocenters. The highest BCUT2D eigenvalue weighted by molar-refractivity contribution is 7.15. The van der Waals surface area contributed by atoms with Crippen molar-refractivity contribution >= 4 is 33.7 Å². The Bertz CT molecular complexity index is 858. The minimum absolute atomic E-state index is 0.204. The molecule has 26 heavy (non-hydrogen) atoms. The number of carbonyl (C=O) groups excluding carboxylic acids is 1. The maximum atomic E-state index is 12.3. The van der Waals surface area contributed by atoms with Crippen molar-refractivity contribution in [3.8, 4) is 5.75 Å². The van der Waals surface area contributed by atoms with E-state index in [1.807, 2.05) is 12.3 Å². The summed E-state index contributed by atoms with van der Waals surface area (Å²) >= 11 is 3.02. The molecule has 0 saturated carbocycles. The number of nitrogens with one attached hydrogen (secondary N) is 1. The summed E-state index contributed by atoms with van der Waals surface area (Å²) in [5.74, 6) is 0.495. The molecule has 2 heterocycles. The van der Waals surface area contributed by atoms with Gasteiger partial charge in [0.25, 0.3) is 5.91 Å². The van der Waals surface area contributed by atoms with Crippen molar-refractivity contribution in [2.45, 2.75) is 39.7 Å². The van der Waals surface area contributed by atoms with Gasteiger partial charge in [-0.3, -0.25) is 10.1 Å². The first kappa shape index (κ1) is 18.5. The minimum atomic E-state index is -0.204. The zero-order valence-electron chi connectivity index (χ0n) is 14.7. The maximum Gasteiger partial charge on any atom is 0.257 e. The molecule has 1 N–H and O–H groups in total. The van der Waals surface area contributed by atoms with Gasteiger partial charge in [0, 0.05) is 17.4 Å². The molecule has 6 nitrogen and oxygen atoms in total. The lowest BCUT2D eigenvalue weighted by Gasteiger charge is -2.05.